The molecule has 1 unspecified atom stereocenters. The first kappa shape index (κ1) is 22.8. The lowest BCUT2D eigenvalue weighted by atomic mass is 9.99. The lowest BCUT2D eigenvalue weighted by molar-refractivity contribution is -0.114. The fraction of sp³-hybridized carbons (Fsp3) is 0.440. The molecule has 0 aromatic heterocycles. The van der Waals surface area contributed by atoms with Crippen LogP contribution in [0.1, 0.15) is 44.2 Å². The van der Waals surface area contributed by atoms with Gasteiger partial charge in [-0.25, -0.2) is 0 Å². The Morgan fingerprint density at radius 3 is 2.58 bits per heavy atom. The monoisotopic (exact) mass is 419 g/mol. The van der Waals surface area contributed by atoms with E-state index >= 15 is 0 Å². The number of hydrogen-bond acceptors (Lipinski definition) is 5. The number of nitrogens with one attached hydrogen (secondary N) is 1. The SMILES string of the molecule is CC(=O)Nc1ccc(N(Cc2cccc(C#N)c2)C2CCN(C(C)CCN)CC2)cc1. The van der Waals surface area contributed by atoms with Gasteiger partial charge in [0.15, 0.2) is 0 Å². The molecule has 3 rings (SSSR count). The quantitative estimate of drug-likeness (QED) is 0.681. The largest absolute Gasteiger partial charge is 0.364 e. The Morgan fingerprint density at radius 2 is 1.97 bits per heavy atom. The summed E-state index contributed by atoms with van der Waals surface area (Å²) in [6.07, 6.45) is 3.19. The Kier molecular flexibility index (Phi) is 8.05. The molecular weight excluding hydrogens is 386 g/mol. The third kappa shape index (κ3) is 6.30. The van der Waals surface area contributed by atoms with Crippen LogP contribution in [0.4, 0.5) is 11.4 Å². The van der Waals surface area contributed by atoms with Gasteiger partial charge < -0.3 is 20.9 Å². The van der Waals surface area contributed by atoms with Crippen LogP contribution in [0.3, 0.4) is 0 Å². The standard InChI is InChI=1S/C25H33N5O/c1-19(10-13-26)29-14-11-25(12-15-29)30(18-22-5-3-4-21(16-22)17-27)24-8-6-23(7-9-24)28-20(2)31/h3-9,16,19,25H,10-15,18,26H2,1-2H3,(H,28,31). The molecule has 6 nitrogen and oxygen atoms in total. The van der Waals surface area contributed by atoms with E-state index in [9.17, 15) is 10.1 Å². The van der Waals surface area contributed by atoms with E-state index in [0.29, 0.717) is 17.6 Å². The maximum absolute atomic E-state index is 11.4. The Morgan fingerprint density at radius 1 is 1.26 bits per heavy atom. The summed E-state index contributed by atoms with van der Waals surface area (Å²) in [4.78, 5) is 16.3. The van der Waals surface area contributed by atoms with Gasteiger partial charge in [0.25, 0.3) is 0 Å². The number of benzene rings is 2. The van der Waals surface area contributed by atoms with Crippen LogP contribution in [0.15, 0.2) is 48.5 Å². The summed E-state index contributed by atoms with van der Waals surface area (Å²) < 4.78 is 0. The number of hydrogen-bond donors (Lipinski definition) is 2. The van der Waals surface area contributed by atoms with Gasteiger partial charge in [-0.05, 0) is 74.7 Å². The van der Waals surface area contributed by atoms with Gasteiger partial charge in [-0.2, -0.15) is 5.26 Å². The van der Waals surface area contributed by atoms with Crippen LogP contribution in [-0.4, -0.2) is 42.5 Å². The van der Waals surface area contributed by atoms with Gasteiger partial charge in [-0.3, -0.25) is 4.79 Å². The van der Waals surface area contributed by atoms with Crippen LogP contribution in [0.2, 0.25) is 0 Å². The number of nitrogens with zero attached hydrogens (tertiary/aromatic N) is 3. The summed E-state index contributed by atoms with van der Waals surface area (Å²) in [6, 6.07) is 19.1. The molecule has 2 aromatic carbocycles. The van der Waals surface area contributed by atoms with Gasteiger partial charge in [0.05, 0.1) is 11.6 Å². The summed E-state index contributed by atoms with van der Waals surface area (Å²) in [5.41, 5.74) is 9.50. The topological polar surface area (TPSA) is 85.4 Å². The molecule has 0 radical (unpaired) electrons. The van der Waals surface area contributed by atoms with Crippen LogP contribution in [-0.2, 0) is 11.3 Å². The van der Waals surface area contributed by atoms with Crippen molar-refractivity contribution in [2.45, 2.75) is 51.7 Å². The number of rotatable bonds is 8. The third-order valence-electron chi connectivity index (χ3n) is 6.08. The molecule has 0 aliphatic carbocycles. The van der Waals surface area contributed by atoms with Crippen molar-refractivity contribution in [2.75, 3.05) is 29.9 Å². The van der Waals surface area contributed by atoms with Crippen molar-refractivity contribution in [2.24, 2.45) is 5.73 Å². The van der Waals surface area contributed by atoms with Gasteiger partial charge >= 0.3 is 0 Å². The molecule has 1 amide bonds. The molecule has 1 aliphatic heterocycles. The molecule has 0 saturated carbocycles. The van der Waals surface area contributed by atoms with Crippen molar-refractivity contribution in [1.29, 1.82) is 5.26 Å². The minimum atomic E-state index is -0.0723. The van der Waals surface area contributed by atoms with Gasteiger partial charge in [-0.1, -0.05) is 12.1 Å². The van der Waals surface area contributed by atoms with Crippen molar-refractivity contribution >= 4 is 17.3 Å². The molecule has 6 heteroatoms. The smallest absolute Gasteiger partial charge is 0.221 e. The first-order chi connectivity index (χ1) is 15.0. The zero-order valence-electron chi connectivity index (χ0n) is 18.6. The van der Waals surface area contributed by atoms with Crippen LogP contribution >= 0.6 is 0 Å². The van der Waals surface area contributed by atoms with Crippen LogP contribution in [0.25, 0.3) is 0 Å². The number of carbonyl (C=O) groups is 1. The molecule has 3 N–H and O–H groups in total. The Hall–Kier alpha value is -2.88. The highest BCUT2D eigenvalue weighted by Gasteiger charge is 2.27. The number of nitriles is 1. The van der Waals surface area contributed by atoms with Crippen LogP contribution in [0, 0.1) is 11.3 Å². The second kappa shape index (κ2) is 10.9. The average molecular weight is 420 g/mol. The minimum absolute atomic E-state index is 0.0723. The van der Waals surface area contributed by atoms with Crippen LogP contribution in [0.5, 0.6) is 0 Å². The molecule has 1 saturated heterocycles. The number of carbonyl (C=O) groups excluding carboxylic acids is 1. The molecule has 0 bridgehead atoms. The number of piperidine rings is 1. The average Bonchev–Trinajstić information content (AvgIpc) is 2.78. The lowest BCUT2D eigenvalue weighted by Crippen LogP contribution is -2.47. The first-order valence-electron chi connectivity index (χ1n) is 11.1. The molecule has 2 aromatic rings. The third-order valence-corrected chi connectivity index (χ3v) is 6.08. The van der Waals surface area contributed by atoms with E-state index in [2.05, 4.69) is 46.3 Å². The first-order valence-corrected chi connectivity index (χ1v) is 11.1. The highest BCUT2D eigenvalue weighted by Crippen LogP contribution is 2.28. The van der Waals surface area contributed by atoms with Crippen LogP contribution < -0.4 is 16.0 Å². The molecule has 1 fully saturated rings. The summed E-state index contributed by atoms with van der Waals surface area (Å²) in [5.74, 6) is -0.0723. The highest BCUT2D eigenvalue weighted by molar-refractivity contribution is 5.88. The van der Waals surface area contributed by atoms with Crippen molar-refractivity contribution in [1.82, 2.24) is 4.90 Å². The van der Waals surface area contributed by atoms with E-state index in [1.807, 2.05) is 30.3 Å². The summed E-state index contributed by atoms with van der Waals surface area (Å²) in [6.45, 7) is 7.37. The summed E-state index contributed by atoms with van der Waals surface area (Å²) >= 11 is 0. The maximum Gasteiger partial charge on any atom is 0.221 e. The highest BCUT2D eigenvalue weighted by atomic mass is 16.1. The predicted molar refractivity (Wildman–Crippen MR) is 126 cm³/mol. The van der Waals surface area contributed by atoms with Crippen molar-refractivity contribution < 1.29 is 4.79 Å². The Bertz CT molecular complexity index is 897. The van der Waals surface area contributed by atoms with Gasteiger partial charge in [0, 0.05) is 50.0 Å². The fourth-order valence-corrected chi connectivity index (χ4v) is 4.37. The van der Waals surface area contributed by atoms with Gasteiger partial charge in [0.2, 0.25) is 5.91 Å². The number of nitrogens with two attached hydrogens (primary N) is 1. The maximum atomic E-state index is 11.4. The summed E-state index contributed by atoms with van der Waals surface area (Å²) in [7, 11) is 0. The second-order valence-corrected chi connectivity index (χ2v) is 8.36. The molecule has 1 heterocycles. The number of anilines is 2. The van der Waals surface area contributed by atoms with E-state index in [4.69, 9.17) is 5.73 Å². The zero-order chi connectivity index (χ0) is 22.2. The van der Waals surface area contributed by atoms with E-state index in [0.717, 1.165) is 62.4 Å². The number of amides is 1. The fourth-order valence-electron chi connectivity index (χ4n) is 4.37. The van der Waals surface area contributed by atoms with Crippen molar-refractivity contribution in [3.8, 4) is 6.07 Å². The molecule has 1 aliphatic rings. The van der Waals surface area contributed by atoms with E-state index < -0.39 is 0 Å². The molecule has 164 valence electrons. The molecule has 0 spiro atoms. The Balaban J connectivity index is 1.79. The number of likely N-dealkylation sites (tertiary alicyclic amines) is 1. The minimum Gasteiger partial charge on any atom is -0.364 e. The predicted octanol–water partition coefficient (Wildman–Crippen LogP) is 3.72. The normalized spacial score (nSPS) is 15.8. The molecular formula is C25H33N5O. The van der Waals surface area contributed by atoms with Gasteiger partial charge in [0.1, 0.15) is 0 Å². The molecule has 1 atom stereocenters. The zero-order valence-corrected chi connectivity index (χ0v) is 18.6. The Labute approximate surface area is 185 Å². The lowest BCUT2D eigenvalue weighted by Gasteiger charge is -2.42. The van der Waals surface area contributed by atoms with Crippen molar-refractivity contribution in [3.63, 3.8) is 0 Å². The van der Waals surface area contributed by atoms with Crippen molar-refractivity contribution in [3.05, 3.63) is 59.7 Å². The van der Waals surface area contributed by atoms with E-state index in [1.54, 1.807) is 0 Å². The van der Waals surface area contributed by atoms with E-state index in [-0.39, 0.29) is 5.91 Å². The van der Waals surface area contributed by atoms with E-state index in [1.165, 1.54) is 6.92 Å². The van der Waals surface area contributed by atoms with Gasteiger partial charge in [-0.15, -0.1) is 0 Å². The second-order valence-electron chi connectivity index (χ2n) is 8.36. The molecule has 31 heavy (non-hydrogen) atoms. The summed E-state index contributed by atoms with van der Waals surface area (Å²) in [5, 5.41) is 12.1.